The van der Waals surface area contributed by atoms with Crippen molar-refractivity contribution in [2.45, 2.75) is 49.1 Å². The van der Waals surface area contributed by atoms with Crippen LogP contribution < -0.4 is 10.1 Å². The summed E-state index contributed by atoms with van der Waals surface area (Å²) in [5, 5.41) is 25.5. The Morgan fingerprint density at radius 1 is 0.925 bits per heavy atom. The standard InChI is InChI=1S/C39H43Cl2N7O5/c1-53-34-10-7-26(33-23-42-45-44-33)21-30(34)35(49)48-20-13-38(25-48,29-8-9-31(40)32(41)22-29)12-17-46-18-14-39(15-19-46,28-5-3-2-4-6-28)43-37(52)47-16-11-27(24-47)36(50)51/h2-10,21-23,27,33H,11-20,24-25H2,1H3,(H,43,52)(H,50,51). The second kappa shape index (κ2) is 15.5. The highest BCUT2D eigenvalue weighted by Gasteiger charge is 2.44. The topological polar surface area (TPSA) is 140 Å². The van der Waals surface area contributed by atoms with E-state index >= 15 is 0 Å². The zero-order valence-electron chi connectivity index (χ0n) is 29.6. The van der Waals surface area contributed by atoms with E-state index < -0.39 is 17.4 Å². The third kappa shape index (κ3) is 7.63. The molecule has 7 rings (SSSR count). The first-order valence-corrected chi connectivity index (χ1v) is 18.8. The Hall–Kier alpha value is -4.52. The highest BCUT2D eigenvalue weighted by atomic mass is 35.5. The van der Waals surface area contributed by atoms with Gasteiger partial charge in [0.05, 0.1) is 40.4 Å². The Balaban J connectivity index is 1.08. The van der Waals surface area contributed by atoms with E-state index in [0.29, 0.717) is 60.3 Å². The number of likely N-dealkylation sites (tertiary alicyclic amines) is 3. The molecule has 0 aliphatic carbocycles. The SMILES string of the molecule is COc1ccc(C2C=NN=N2)cc1C(=O)N1CCC(CCN2CCC(NC(=O)N3CCC(C(=O)O)C3)(c3ccccc3)CC2)(c2ccc(Cl)c(Cl)c2)C1. The Morgan fingerprint density at radius 2 is 1.72 bits per heavy atom. The fraction of sp³-hybridized carbons (Fsp3) is 0.436. The number of urea groups is 1. The van der Waals surface area contributed by atoms with Crippen LogP contribution in [0.5, 0.6) is 5.75 Å². The fourth-order valence-corrected chi connectivity index (χ4v) is 8.57. The number of piperidine rings is 1. The van der Waals surface area contributed by atoms with E-state index in [1.54, 1.807) is 24.3 Å². The molecule has 3 atom stereocenters. The van der Waals surface area contributed by atoms with Gasteiger partial charge in [0, 0.05) is 44.7 Å². The van der Waals surface area contributed by atoms with E-state index in [1.807, 2.05) is 53.4 Å². The summed E-state index contributed by atoms with van der Waals surface area (Å²) in [5.41, 5.74) is 2.41. The Morgan fingerprint density at radius 3 is 2.40 bits per heavy atom. The van der Waals surface area contributed by atoms with Crippen LogP contribution in [-0.4, -0.2) is 96.9 Å². The van der Waals surface area contributed by atoms with Crippen LogP contribution in [0.3, 0.4) is 0 Å². The summed E-state index contributed by atoms with van der Waals surface area (Å²) in [6.45, 7) is 3.96. The summed E-state index contributed by atoms with van der Waals surface area (Å²) in [6, 6.07) is 20.8. The molecule has 3 amide bonds. The minimum Gasteiger partial charge on any atom is -0.496 e. The van der Waals surface area contributed by atoms with Gasteiger partial charge in [0.25, 0.3) is 5.91 Å². The number of hydrogen-bond donors (Lipinski definition) is 2. The number of methoxy groups -OCH3 is 1. The van der Waals surface area contributed by atoms with Crippen molar-refractivity contribution in [1.82, 2.24) is 20.0 Å². The number of hydrogen-bond acceptors (Lipinski definition) is 8. The van der Waals surface area contributed by atoms with Crippen molar-refractivity contribution in [1.29, 1.82) is 0 Å². The molecule has 0 spiro atoms. The molecule has 0 aromatic heterocycles. The van der Waals surface area contributed by atoms with Gasteiger partial charge in [-0.1, -0.05) is 65.7 Å². The van der Waals surface area contributed by atoms with Crippen molar-refractivity contribution in [2.24, 2.45) is 21.4 Å². The number of nitrogens with one attached hydrogen (secondary N) is 1. The lowest BCUT2D eigenvalue weighted by Crippen LogP contribution is -2.56. The lowest BCUT2D eigenvalue weighted by atomic mass is 9.76. The monoisotopic (exact) mass is 759 g/mol. The molecule has 14 heteroatoms. The van der Waals surface area contributed by atoms with Gasteiger partial charge in [-0.05, 0) is 84.8 Å². The number of aliphatic carboxylic acids is 1. The summed E-state index contributed by atoms with van der Waals surface area (Å²) in [4.78, 5) is 45.3. The highest BCUT2D eigenvalue weighted by Crippen LogP contribution is 2.42. The highest BCUT2D eigenvalue weighted by molar-refractivity contribution is 6.42. The van der Waals surface area contributed by atoms with E-state index in [0.717, 1.165) is 49.2 Å². The van der Waals surface area contributed by atoms with E-state index in [9.17, 15) is 19.5 Å². The number of amides is 3. The molecule has 0 radical (unpaired) electrons. The predicted octanol–water partition coefficient (Wildman–Crippen LogP) is 6.78. The molecule has 0 saturated carbocycles. The number of carboxylic acid groups (broad SMARTS) is 1. The maximum absolute atomic E-state index is 14.2. The lowest BCUT2D eigenvalue weighted by molar-refractivity contribution is -0.141. The first-order chi connectivity index (χ1) is 25.6. The zero-order valence-corrected chi connectivity index (χ0v) is 31.1. The number of halogens is 2. The zero-order chi connectivity index (χ0) is 37.2. The second-order valence-corrected chi connectivity index (χ2v) is 15.3. The van der Waals surface area contributed by atoms with E-state index in [4.69, 9.17) is 27.9 Å². The number of nitrogens with zero attached hydrogens (tertiary/aromatic N) is 6. The first-order valence-electron chi connectivity index (χ1n) is 18.0. The summed E-state index contributed by atoms with van der Waals surface area (Å²) < 4.78 is 5.63. The summed E-state index contributed by atoms with van der Waals surface area (Å²) in [5.74, 6) is -1.03. The first kappa shape index (κ1) is 36.8. The molecular weight excluding hydrogens is 717 g/mol. The molecule has 3 aromatic rings. The number of rotatable bonds is 10. The molecule has 3 fully saturated rings. The van der Waals surface area contributed by atoms with E-state index in [2.05, 4.69) is 37.8 Å². The summed E-state index contributed by atoms with van der Waals surface area (Å²) in [7, 11) is 1.56. The van der Waals surface area contributed by atoms with Crippen molar-refractivity contribution in [3.63, 3.8) is 0 Å². The van der Waals surface area contributed by atoms with Crippen molar-refractivity contribution >= 4 is 47.3 Å². The molecule has 3 unspecified atom stereocenters. The number of ether oxygens (including phenoxy) is 1. The minimum absolute atomic E-state index is 0.119. The molecule has 12 nitrogen and oxygen atoms in total. The van der Waals surface area contributed by atoms with Gasteiger partial charge in [-0.2, -0.15) is 5.11 Å². The number of carbonyl (C=O) groups is 3. The largest absolute Gasteiger partial charge is 0.496 e. The van der Waals surface area contributed by atoms with Crippen LogP contribution in [0.4, 0.5) is 4.79 Å². The summed E-state index contributed by atoms with van der Waals surface area (Å²) >= 11 is 13.0. The Kier molecular flexibility index (Phi) is 10.7. The van der Waals surface area contributed by atoms with Crippen LogP contribution >= 0.6 is 23.2 Å². The number of carbonyl (C=O) groups excluding carboxylic acids is 2. The molecule has 278 valence electrons. The van der Waals surface area contributed by atoms with Crippen LogP contribution in [0.2, 0.25) is 10.0 Å². The molecule has 4 aliphatic heterocycles. The van der Waals surface area contributed by atoms with Gasteiger partial charge in [-0.25, -0.2) is 4.79 Å². The van der Waals surface area contributed by atoms with Gasteiger partial charge < -0.3 is 29.9 Å². The average Bonchev–Trinajstić information content (AvgIpc) is 3.98. The van der Waals surface area contributed by atoms with Gasteiger partial charge in [0.1, 0.15) is 11.8 Å². The third-order valence-electron chi connectivity index (χ3n) is 11.5. The van der Waals surface area contributed by atoms with Gasteiger partial charge >= 0.3 is 12.0 Å². The van der Waals surface area contributed by atoms with Crippen LogP contribution in [0, 0.1) is 5.92 Å². The average molecular weight is 761 g/mol. The van der Waals surface area contributed by atoms with Crippen LogP contribution in [0.1, 0.15) is 65.2 Å². The fourth-order valence-electron chi connectivity index (χ4n) is 8.27. The van der Waals surface area contributed by atoms with Crippen molar-refractivity contribution in [2.75, 3.05) is 52.9 Å². The Bertz CT molecular complexity index is 1910. The lowest BCUT2D eigenvalue weighted by Gasteiger charge is -2.44. The van der Waals surface area contributed by atoms with Crippen molar-refractivity contribution in [3.8, 4) is 5.75 Å². The molecule has 4 heterocycles. The van der Waals surface area contributed by atoms with Crippen molar-refractivity contribution in [3.05, 3.63) is 99.0 Å². The molecular formula is C39H43Cl2N7O5. The van der Waals surface area contributed by atoms with Gasteiger partial charge in [0.2, 0.25) is 0 Å². The smallest absolute Gasteiger partial charge is 0.318 e. The summed E-state index contributed by atoms with van der Waals surface area (Å²) in [6.07, 6.45) is 5.02. The predicted molar refractivity (Wildman–Crippen MR) is 202 cm³/mol. The number of carboxylic acids is 1. The molecule has 0 bridgehead atoms. The van der Waals surface area contributed by atoms with Crippen LogP contribution in [-0.2, 0) is 15.7 Å². The van der Waals surface area contributed by atoms with E-state index in [1.165, 1.54) is 0 Å². The minimum atomic E-state index is -0.864. The number of benzene rings is 3. The molecule has 3 saturated heterocycles. The van der Waals surface area contributed by atoms with Gasteiger partial charge in [0.15, 0.2) is 0 Å². The van der Waals surface area contributed by atoms with Gasteiger partial charge in [-0.15, -0.1) is 5.10 Å². The van der Waals surface area contributed by atoms with E-state index in [-0.39, 0.29) is 29.9 Å². The molecule has 3 aromatic carbocycles. The molecule has 53 heavy (non-hydrogen) atoms. The maximum Gasteiger partial charge on any atom is 0.318 e. The second-order valence-electron chi connectivity index (χ2n) is 14.5. The third-order valence-corrected chi connectivity index (χ3v) is 12.3. The van der Waals surface area contributed by atoms with Crippen LogP contribution in [0.25, 0.3) is 0 Å². The van der Waals surface area contributed by atoms with Crippen molar-refractivity contribution < 1.29 is 24.2 Å². The molecule has 2 N–H and O–H groups in total. The van der Waals surface area contributed by atoms with Gasteiger partial charge in [-0.3, -0.25) is 9.59 Å². The van der Waals surface area contributed by atoms with Crippen LogP contribution in [0.15, 0.2) is 82.2 Å². The quantitative estimate of drug-likeness (QED) is 0.234. The normalized spacial score (nSPS) is 23.8. The maximum atomic E-state index is 14.2. The Labute approximate surface area is 318 Å². The molecule has 4 aliphatic rings.